The Kier molecular flexibility index (Phi) is 10.9. The lowest BCUT2D eigenvalue weighted by atomic mass is 9.99. The van der Waals surface area contributed by atoms with E-state index in [1.165, 1.54) is 28.1 Å². The minimum absolute atomic E-state index is 0.0658. The van der Waals surface area contributed by atoms with Crippen LogP contribution in [-0.4, -0.2) is 71.2 Å². The molecule has 2 N–H and O–H groups in total. The molecule has 4 rings (SSSR count). The van der Waals surface area contributed by atoms with Crippen LogP contribution < -0.4 is 18.9 Å². The lowest BCUT2D eigenvalue weighted by molar-refractivity contribution is -0.146. The van der Waals surface area contributed by atoms with Crippen LogP contribution >= 0.6 is 11.6 Å². The first-order chi connectivity index (χ1) is 21.8. The zero-order chi connectivity index (χ0) is 33.9. The van der Waals surface area contributed by atoms with Gasteiger partial charge in [0.05, 0.1) is 50.3 Å². The quantitative estimate of drug-likeness (QED) is 0.265. The summed E-state index contributed by atoms with van der Waals surface area (Å²) in [5.41, 5.74) is 4.25. The summed E-state index contributed by atoms with van der Waals surface area (Å²) in [7, 11) is 3.06. The third-order valence-electron chi connectivity index (χ3n) is 8.66. The monoisotopic (exact) mass is 660 g/mol. The molecule has 3 atom stereocenters. The third-order valence-corrected chi connectivity index (χ3v) is 9.03. The van der Waals surface area contributed by atoms with E-state index < -0.39 is 23.8 Å². The fourth-order valence-electron chi connectivity index (χ4n) is 5.86. The van der Waals surface area contributed by atoms with Gasteiger partial charge >= 0.3 is 11.9 Å². The van der Waals surface area contributed by atoms with E-state index >= 15 is 0 Å². The smallest absolute Gasteiger partial charge is 0.306 e. The van der Waals surface area contributed by atoms with Crippen LogP contribution in [0.3, 0.4) is 0 Å². The molecule has 0 fully saturated rings. The molecule has 0 aliphatic carbocycles. The van der Waals surface area contributed by atoms with Gasteiger partial charge in [0.25, 0.3) is 0 Å². The number of ether oxygens (including phenoxy) is 4. The Hall–Kier alpha value is -4.19. The highest BCUT2D eigenvalue weighted by molar-refractivity contribution is 6.33. The molecular weight excluding hydrogens is 620 g/mol. The highest BCUT2D eigenvalue weighted by Gasteiger charge is 2.37. The summed E-state index contributed by atoms with van der Waals surface area (Å²) in [6.07, 6.45) is 0.312. The number of halogens is 1. The van der Waals surface area contributed by atoms with Gasteiger partial charge in [-0.1, -0.05) is 25.4 Å². The van der Waals surface area contributed by atoms with Crippen molar-refractivity contribution in [1.82, 2.24) is 9.80 Å². The van der Waals surface area contributed by atoms with Gasteiger partial charge in [-0.25, -0.2) is 0 Å². The second-order valence-electron chi connectivity index (χ2n) is 11.9. The molecule has 2 amide bonds. The van der Waals surface area contributed by atoms with E-state index in [4.69, 9.17) is 35.7 Å². The lowest BCUT2D eigenvalue weighted by Gasteiger charge is -2.23. The molecule has 12 nitrogen and oxygen atoms in total. The van der Waals surface area contributed by atoms with Gasteiger partial charge in [-0.05, 0) is 42.7 Å². The number of amides is 2. The Morgan fingerprint density at radius 1 is 0.870 bits per heavy atom. The number of aliphatic carboxylic acids is 2. The van der Waals surface area contributed by atoms with Crippen molar-refractivity contribution in [2.75, 3.05) is 27.4 Å². The zero-order valence-corrected chi connectivity index (χ0v) is 27.7. The molecule has 13 heteroatoms. The van der Waals surface area contributed by atoms with E-state index in [9.17, 15) is 24.3 Å². The van der Waals surface area contributed by atoms with E-state index in [1.54, 1.807) is 9.80 Å². The molecule has 250 valence electrons. The summed E-state index contributed by atoms with van der Waals surface area (Å²) in [4.78, 5) is 51.3. The molecule has 0 saturated heterocycles. The molecule has 2 aromatic carbocycles. The van der Waals surface area contributed by atoms with Gasteiger partial charge < -0.3 is 39.0 Å². The Labute approximate surface area is 273 Å². The zero-order valence-electron chi connectivity index (χ0n) is 27.0. The SMILES string of the molecule is COc1cc2c(cc1OCCCOc1c(Cl)c3c(c(C)c1OC)CN(C(=O)C[C@H](C)C(=O)O)C3C)CN(C(=O)C[C@H](C)C(=O)O)C2. The molecule has 46 heavy (non-hydrogen) atoms. The summed E-state index contributed by atoms with van der Waals surface area (Å²) in [5.74, 6) is -2.17. The highest BCUT2D eigenvalue weighted by atomic mass is 35.5. The maximum absolute atomic E-state index is 13.0. The Bertz CT molecular complexity index is 1530. The van der Waals surface area contributed by atoms with Gasteiger partial charge in [0, 0.05) is 50.0 Å². The third kappa shape index (κ3) is 7.11. The average Bonchev–Trinajstić information content (AvgIpc) is 3.59. The second-order valence-corrected chi connectivity index (χ2v) is 12.2. The van der Waals surface area contributed by atoms with Crippen molar-refractivity contribution in [3.8, 4) is 23.0 Å². The van der Waals surface area contributed by atoms with Gasteiger partial charge in [-0.15, -0.1) is 0 Å². The number of methoxy groups -OCH3 is 2. The number of fused-ring (bicyclic) bond motifs is 2. The molecule has 0 radical (unpaired) electrons. The number of carbonyl (C=O) groups is 4. The van der Waals surface area contributed by atoms with E-state index in [0.717, 1.165) is 27.8 Å². The summed E-state index contributed by atoms with van der Waals surface area (Å²) in [6, 6.07) is 3.31. The first-order valence-corrected chi connectivity index (χ1v) is 15.5. The number of nitrogens with zero attached hydrogens (tertiary/aromatic N) is 2. The molecule has 0 saturated carbocycles. The molecule has 2 aromatic rings. The number of carboxylic acids is 2. The molecule has 2 heterocycles. The van der Waals surface area contributed by atoms with Crippen molar-refractivity contribution in [2.24, 2.45) is 11.8 Å². The molecular formula is C33H41ClN2O10. The van der Waals surface area contributed by atoms with Crippen molar-refractivity contribution in [3.05, 3.63) is 45.0 Å². The molecule has 0 aromatic heterocycles. The summed E-state index contributed by atoms with van der Waals surface area (Å²) < 4.78 is 23.4. The summed E-state index contributed by atoms with van der Waals surface area (Å²) in [5, 5.41) is 18.8. The number of hydrogen-bond acceptors (Lipinski definition) is 8. The van der Waals surface area contributed by atoms with Crippen molar-refractivity contribution in [1.29, 1.82) is 0 Å². The number of benzene rings is 2. The van der Waals surface area contributed by atoms with Crippen LogP contribution in [0.4, 0.5) is 0 Å². The highest BCUT2D eigenvalue weighted by Crippen LogP contribution is 2.50. The van der Waals surface area contributed by atoms with Crippen molar-refractivity contribution in [3.63, 3.8) is 0 Å². The standard InChI is InChI=1S/C33H41ClN2O10/c1-17(32(39)40)10-26(37)35-14-21-12-24(43-5)25(13-22(21)15-35)45-8-7-9-46-31-29(34)28-20(4)36(27(38)11-18(2)33(41)42)16-23(28)19(3)30(31)44-6/h12-13,17-18,20H,7-11,14-16H2,1-6H3,(H,39,40)(H,41,42)/t17-,18-,20?/m0/s1. The molecule has 1 unspecified atom stereocenters. The molecule has 2 aliphatic heterocycles. The van der Waals surface area contributed by atoms with Crippen LogP contribution in [0.5, 0.6) is 23.0 Å². The number of rotatable bonds is 14. The first kappa shape index (κ1) is 34.7. The first-order valence-electron chi connectivity index (χ1n) is 15.2. The minimum atomic E-state index is -1.02. The van der Waals surface area contributed by atoms with E-state index in [-0.39, 0.29) is 43.9 Å². The molecule has 2 aliphatic rings. The average molecular weight is 661 g/mol. The maximum Gasteiger partial charge on any atom is 0.306 e. The lowest BCUT2D eigenvalue weighted by Crippen LogP contribution is -2.30. The fourth-order valence-corrected chi connectivity index (χ4v) is 6.27. The molecule has 0 spiro atoms. The van der Waals surface area contributed by atoms with Crippen LogP contribution in [0.15, 0.2) is 12.1 Å². The largest absolute Gasteiger partial charge is 0.493 e. The van der Waals surface area contributed by atoms with Crippen molar-refractivity contribution in [2.45, 2.75) is 72.6 Å². The van der Waals surface area contributed by atoms with Crippen molar-refractivity contribution < 1.29 is 48.3 Å². The second kappa shape index (κ2) is 14.5. The van der Waals surface area contributed by atoms with Crippen LogP contribution in [-0.2, 0) is 38.8 Å². The van der Waals surface area contributed by atoms with Gasteiger partial charge in [0.15, 0.2) is 23.0 Å². The number of carboxylic acid groups (broad SMARTS) is 2. The predicted octanol–water partition coefficient (Wildman–Crippen LogP) is 4.98. The van der Waals surface area contributed by atoms with Crippen LogP contribution in [0.2, 0.25) is 5.02 Å². The van der Waals surface area contributed by atoms with Crippen LogP contribution in [0.25, 0.3) is 0 Å². The van der Waals surface area contributed by atoms with Gasteiger partial charge in [-0.2, -0.15) is 0 Å². The van der Waals surface area contributed by atoms with Gasteiger partial charge in [0.1, 0.15) is 0 Å². The Morgan fingerprint density at radius 3 is 2.00 bits per heavy atom. The van der Waals surface area contributed by atoms with Crippen molar-refractivity contribution >= 4 is 35.4 Å². The predicted molar refractivity (Wildman–Crippen MR) is 167 cm³/mol. The van der Waals surface area contributed by atoms with Crippen LogP contribution in [0, 0.1) is 18.8 Å². The Morgan fingerprint density at radius 2 is 1.43 bits per heavy atom. The van der Waals surface area contributed by atoms with Gasteiger partial charge in [-0.3, -0.25) is 19.2 Å². The van der Waals surface area contributed by atoms with E-state index in [0.29, 0.717) is 54.1 Å². The molecule has 0 bridgehead atoms. The van der Waals surface area contributed by atoms with Gasteiger partial charge in [0.2, 0.25) is 11.8 Å². The normalized spacial score (nSPS) is 16.4. The minimum Gasteiger partial charge on any atom is -0.493 e. The van der Waals surface area contributed by atoms with E-state index in [1.807, 2.05) is 26.0 Å². The maximum atomic E-state index is 13.0. The topological polar surface area (TPSA) is 152 Å². The summed E-state index contributed by atoms with van der Waals surface area (Å²) >= 11 is 6.87. The summed E-state index contributed by atoms with van der Waals surface area (Å²) in [6.45, 7) is 8.34. The number of carbonyl (C=O) groups excluding carboxylic acids is 2. The number of hydrogen-bond donors (Lipinski definition) is 2. The van der Waals surface area contributed by atoms with E-state index in [2.05, 4.69) is 0 Å². The van der Waals surface area contributed by atoms with Crippen LogP contribution in [0.1, 0.15) is 73.9 Å². The fraction of sp³-hybridized carbons (Fsp3) is 0.515. The Balaban J connectivity index is 1.39.